The topological polar surface area (TPSA) is 55.9 Å². The fourth-order valence-corrected chi connectivity index (χ4v) is 5.54. The van der Waals surface area contributed by atoms with Crippen molar-refractivity contribution in [1.82, 2.24) is 15.1 Å². The van der Waals surface area contributed by atoms with Gasteiger partial charge in [-0.3, -0.25) is 14.5 Å². The van der Waals surface area contributed by atoms with Crippen LogP contribution < -0.4 is 10.2 Å². The van der Waals surface area contributed by atoms with Gasteiger partial charge in [0.2, 0.25) is 5.91 Å². The van der Waals surface area contributed by atoms with Crippen LogP contribution >= 0.6 is 11.3 Å². The minimum atomic E-state index is -0.592. The molecule has 0 bridgehead atoms. The molecule has 166 valence electrons. The maximum atomic E-state index is 13.9. The molecule has 31 heavy (non-hydrogen) atoms. The lowest BCUT2D eigenvalue weighted by Gasteiger charge is -2.38. The zero-order chi connectivity index (χ0) is 22.0. The van der Waals surface area contributed by atoms with E-state index in [1.165, 1.54) is 5.56 Å². The normalized spacial score (nSPS) is 24.0. The summed E-state index contributed by atoms with van der Waals surface area (Å²) in [7, 11) is 0. The van der Waals surface area contributed by atoms with Gasteiger partial charge in [-0.1, -0.05) is 26.0 Å². The first-order valence-corrected chi connectivity index (χ1v) is 12.1. The Labute approximate surface area is 188 Å². The molecule has 1 aromatic carbocycles. The van der Waals surface area contributed by atoms with E-state index in [-0.39, 0.29) is 17.7 Å². The van der Waals surface area contributed by atoms with Crippen molar-refractivity contribution in [3.05, 3.63) is 52.2 Å². The van der Waals surface area contributed by atoms with Gasteiger partial charge in [0.05, 0.1) is 22.7 Å². The van der Waals surface area contributed by atoms with Crippen LogP contribution in [-0.2, 0) is 11.3 Å². The van der Waals surface area contributed by atoms with Crippen molar-refractivity contribution in [1.29, 1.82) is 0 Å². The molecule has 1 N–H and O–H groups in total. The third-order valence-electron chi connectivity index (χ3n) is 6.69. The first-order valence-electron chi connectivity index (χ1n) is 11.1. The van der Waals surface area contributed by atoms with E-state index < -0.39 is 5.54 Å². The van der Waals surface area contributed by atoms with Crippen molar-refractivity contribution in [2.75, 3.05) is 44.2 Å². The average Bonchev–Trinajstić information content (AvgIpc) is 3.38. The maximum absolute atomic E-state index is 13.9. The van der Waals surface area contributed by atoms with Crippen molar-refractivity contribution >= 4 is 28.8 Å². The van der Waals surface area contributed by atoms with E-state index in [2.05, 4.69) is 45.8 Å². The largest absolute Gasteiger partial charge is 0.345 e. The van der Waals surface area contributed by atoms with Crippen molar-refractivity contribution in [2.24, 2.45) is 5.92 Å². The third kappa shape index (κ3) is 4.40. The molecular weight excluding hydrogens is 408 g/mol. The molecule has 0 saturated carbocycles. The number of carbonyl (C=O) groups excluding carboxylic acids is 2. The van der Waals surface area contributed by atoms with Gasteiger partial charge in [0.25, 0.3) is 5.91 Å². The number of nitrogens with one attached hydrogen (secondary N) is 1. The molecule has 2 aliphatic rings. The quantitative estimate of drug-likeness (QED) is 0.719. The summed E-state index contributed by atoms with van der Waals surface area (Å²) in [6.07, 6.45) is 0. The minimum absolute atomic E-state index is 0.0965. The van der Waals surface area contributed by atoms with Gasteiger partial charge in [0, 0.05) is 32.7 Å². The monoisotopic (exact) mass is 440 g/mol. The lowest BCUT2D eigenvalue weighted by atomic mass is 9.86. The summed E-state index contributed by atoms with van der Waals surface area (Å²) >= 11 is 1.68. The zero-order valence-corrected chi connectivity index (χ0v) is 19.5. The van der Waals surface area contributed by atoms with Crippen LogP contribution in [0.15, 0.2) is 41.1 Å². The van der Waals surface area contributed by atoms with E-state index >= 15 is 0 Å². The number of rotatable bonds is 7. The average molecular weight is 441 g/mol. The van der Waals surface area contributed by atoms with Gasteiger partial charge in [-0.2, -0.15) is 11.3 Å². The van der Waals surface area contributed by atoms with E-state index in [1.807, 2.05) is 36.1 Å². The van der Waals surface area contributed by atoms with Crippen molar-refractivity contribution < 1.29 is 9.59 Å². The molecule has 0 unspecified atom stereocenters. The predicted octanol–water partition coefficient (Wildman–Crippen LogP) is 3.06. The van der Waals surface area contributed by atoms with Crippen molar-refractivity contribution in [3.63, 3.8) is 0 Å². The number of carbonyl (C=O) groups is 2. The standard InChI is InChI=1S/C24H32N4O2S/c1-4-26(5-2)11-12-28-21-9-7-6-8-19(21)22(29)25-24(3)17-27(15-20(24)23(28)30)14-18-10-13-31-16-18/h6-10,13,16,20H,4-5,11-12,14-15,17H2,1-3H3,(H,25,29)/t20-,24-/m0/s1. The van der Waals surface area contributed by atoms with E-state index in [9.17, 15) is 9.59 Å². The van der Waals surface area contributed by atoms with Crippen LogP contribution in [0.5, 0.6) is 0 Å². The van der Waals surface area contributed by atoms with Gasteiger partial charge in [-0.05, 0) is 54.5 Å². The molecule has 1 aromatic heterocycles. The van der Waals surface area contributed by atoms with Crippen LogP contribution in [0.25, 0.3) is 0 Å². The third-order valence-corrected chi connectivity index (χ3v) is 7.42. The summed E-state index contributed by atoms with van der Waals surface area (Å²) in [5.41, 5.74) is 1.95. The first kappa shape index (κ1) is 22.0. The van der Waals surface area contributed by atoms with Gasteiger partial charge in [-0.15, -0.1) is 0 Å². The second-order valence-electron chi connectivity index (χ2n) is 8.76. The maximum Gasteiger partial charge on any atom is 0.253 e. The number of fused-ring (bicyclic) bond motifs is 2. The Hall–Kier alpha value is -2.22. The molecule has 2 amide bonds. The number of likely N-dealkylation sites (tertiary alicyclic amines) is 1. The van der Waals surface area contributed by atoms with Crippen molar-refractivity contribution in [3.8, 4) is 0 Å². The molecule has 3 heterocycles. The first-order chi connectivity index (χ1) is 14.9. The number of hydrogen-bond acceptors (Lipinski definition) is 5. The molecule has 6 nitrogen and oxygen atoms in total. The van der Waals surface area contributed by atoms with Gasteiger partial charge >= 0.3 is 0 Å². The molecule has 0 aliphatic carbocycles. The molecule has 1 fully saturated rings. The highest BCUT2D eigenvalue weighted by atomic mass is 32.1. The molecule has 0 spiro atoms. The second-order valence-corrected chi connectivity index (χ2v) is 9.54. The van der Waals surface area contributed by atoms with Gasteiger partial charge < -0.3 is 15.1 Å². The molecule has 1 saturated heterocycles. The Morgan fingerprint density at radius 3 is 2.68 bits per heavy atom. The molecule has 0 radical (unpaired) electrons. The van der Waals surface area contributed by atoms with Crippen LogP contribution in [0.4, 0.5) is 5.69 Å². The molecule has 2 aromatic rings. The number of thiophene rings is 1. The number of para-hydroxylation sites is 1. The number of nitrogens with zero attached hydrogens (tertiary/aromatic N) is 3. The molecule has 7 heteroatoms. The van der Waals surface area contributed by atoms with E-state index in [4.69, 9.17) is 0 Å². The Bertz CT molecular complexity index is 927. The Kier molecular flexibility index (Phi) is 6.46. The molecule has 4 rings (SSSR count). The zero-order valence-electron chi connectivity index (χ0n) is 18.6. The number of benzene rings is 1. The molecule has 2 aliphatic heterocycles. The van der Waals surface area contributed by atoms with E-state index in [1.54, 1.807) is 11.3 Å². The van der Waals surface area contributed by atoms with E-state index in [0.717, 1.165) is 31.9 Å². The molecular formula is C24H32N4O2S. The minimum Gasteiger partial charge on any atom is -0.345 e. The summed E-state index contributed by atoms with van der Waals surface area (Å²) in [5, 5.41) is 7.45. The summed E-state index contributed by atoms with van der Waals surface area (Å²) in [5.74, 6) is -0.268. The highest BCUT2D eigenvalue weighted by molar-refractivity contribution is 7.07. The van der Waals surface area contributed by atoms with E-state index in [0.29, 0.717) is 25.2 Å². The number of anilines is 1. The number of likely N-dealkylation sites (N-methyl/N-ethyl adjacent to an activating group) is 1. The van der Waals surface area contributed by atoms with Crippen molar-refractivity contribution in [2.45, 2.75) is 32.9 Å². The number of hydrogen-bond donors (Lipinski definition) is 1. The van der Waals surface area contributed by atoms with Gasteiger partial charge in [-0.25, -0.2) is 0 Å². The molecule has 2 atom stereocenters. The summed E-state index contributed by atoms with van der Waals surface area (Å²) in [6, 6.07) is 9.62. The van der Waals surface area contributed by atoms with Crippen LogP contribution in [-0.4, -0.2) is 66.4 Å². The number of amides is 2. The van der Waals surface area contributed by atoms with Crippen LogP contribution in [0, 0.1) is 5.92 Å². The highest BCUT2D eigenvalue weighted by Crippen LogP contribution is 2.35. The predicted molar refractivity (Wildman–Crippen MR) is 126 cm³/mol. The smallest absolute Gasteiger partial charge is 0.253 e. The van der Waals surface area contributed by atoms with Crippen LogP contribution in [0.1, 0.15) is 36.7 Å². The Balaban J connectivity index is 1.66. The highest BCUT2D eigenvalue weighted by Gasteiger charge is 2.50. The SMILES string of the molecule is CCN(CC)CCN1C(=O)[C@@H]2CN(Cc3ccsc3)C[C@]2(C)NC(=O)c2ccccc21. The second kappa shape index (κ2) is 9.10. The summed E-state index contributed by atoms with van der Waals surface area (Å²) in [6.45, 7) is 11.7. The van der Waals surface area contributed by atoms with Crippen LogP contribution in [0.3, 0.4) is 0 Å². The van der Waals surface area contributed by atoms with Crippen LogP contribution in [0.2, 0.25) is 0 Å². The summed E-state index contributed by atoms with van der Waals surface area (Å²) < 4.78 is 0. The fraction of sp³-hybridized carbons (Fsp3) is 0.500. The lowest BCUT2D eigenvalue weighted by Crippen LogP contribution is -2.59. The van der Waals surface area contributed by atoms with Gasteiger partial charge in [0.15, 0.2) is 0 Å². The summed E-state index contributed by atoms with van der Waals surface area (Å²) in [4.78, 5) is 33.6. The fourth-order valence-electron chi connectivity index (χ4n) is 4.88. The van der Waals surface area contributed by atoms with Gasteiger partial charge in [0.1, 0.15) is 0 Å². The Morgan fingerprint density at radius 1 is 1.19 bits per heavy atom. The lowest BCUT2D eigenvalue weighted by molar-refractivity contribution is -0.123. The Morgan fingerprint density at radius 2 is 1.97 bits per heavy atom.